The normalized spacial score (nSPS) is 10.2. The molecule has 0 aliphatic carbocycles. The second-order valence-electron chi connectivity index (χ2n) is 3.15. The van der Waals surface area contributed by atoms with E-state index in [0.717, 1.165) is 10.9 Å². The average molecular weight is 202 g/mol. The number of nitrogens with one attached hydrogen (secondary N) is 1. The number of pyridine rings is 1. The zero-order valence-electron chi connectivity index (χ0n) is 8.19. The van der Waals surface area contributed by atoms with Crippen molar-refractivity contribution in [2.75, 3.05) is 12.4 Å². The minimum absolute atomic E-state index is 0.262. The van der Waals surface area contributed by atoms with Crippen LogP contribution in [0.5, 0.6) is 0 Å². The molecule has 1 heterocycles. The van der Waals surface area contributed by atoms with Gasteiger partial charge in [-0.05, 0) is 18.2 Å². The molecule has 0 spiro atoms. The van der Waals surface area contributed by atoms with Crippen molar-refractivity contribution in [3.8, 4) is 0 Å². The van der Waals surface area contributed by atoms with Crippen molar-refractivity contribution in [2.24, 2.45) is 0 Å². The van der Waals surface area contributed by atoms with Crippen LogP contribution in [0.15, 0.2) is 30.5 Å². The first kappa shape index (κ1) is 9.45. The number of aromatic nitrogens is 1. The third-order valence-electron chi connectivity index (χ3n) is 2.24. The van der Waals surface area contributed by atoms with E-state index >= 15 is 0 Å². The van der Waals surface area contributed by atoms with Gasteiger partial charge < -0.3 is 10.4 Å². The zero-order chi connectivity index (χ0) is 10.8. The predicted octanol–water partition coefficient (Wildman–Crippen LogP) is 1.97. The zero-order valence-corrected chi connectivity index (χ0v) is 8.19. The molecule has 0 fully saturated rings. The molecule has 2 N–H and O–H groups in total. The van der Waals surface area contributed by atoms with Crippen molar-refractivity contribution in [2.45, 2.75) is 0 Å². The van der Waals surface area contributed by atoms with Crippen molar-refractivity contribution in [1.82, 2.24) is 4.98 Å². The Balaban J connectivity index is 2.74. The summed E-state index contributed by atoms with van der Waals surface area (Å²) in [7, 11) is 1.69. The van der Waals surface area contributed by atoms with E-state index in [2.05, 4.69) is 10.3 Å². The maximum Gasteiger partial charge on any atom is 0.337 e. The highest BCUT2D eigenvalue weighted by Crippen LogP contribution is 2.22. The number of hydrogen-bond acceptors (Lipinski definition) is 3. The molecule has 0 saturated heterocycles. The lowest BCUT2D eigenvalue weighted by Crippen LogP contribution is -2.02. The number of rotatable bonds is 2. The maximum absolute atomic E-state index is 11.0. The Bertz CT molecular complexity index is 523. The Morgan fingerprint density at radius 3 is 2.93 bits per heavy atom. The fourth-order valence-electron chi connectivity index (χ4n) is 1.50. The summed E-state index contributed by atoms with van der Waals surface area (Å²) in [6.45, 7) is 0. The van der Waals surface area contributed by atoms with E-state index in [9.17, 15) is 4.79 Å². The molecule has 0 bridgehead atoms. The van der Waals surface area contributed by atoms with Crippen molar-refractivity contribution in [1.29, 1.82) is 0 Å². The minimum Gasteiger partial charge on any atom is -0.478 e. The molecule has 1 aromatic heterocycles. The molecule has 0 unspecified atom stereocenters. The summed E-state index contributed by atoms with van der Waals surface area (Å²) in [5.41, 5.74) is 1.62. The number of carbonyl (C=O) groups is 1. The third kappa shape index (κ3) is 1.61. The first-order valence-corrected chi connectivity index (χ1v) is 4.52. The van der Waals surface area contributed by atoms with Gasteiger partial charge in [-0.2, -0.15) is 0 Å². The first-order valence-electron chi connectivity index (χ1n) is 4.52. The Hall–Kier alpha value is -2.10. The lowest BCUT2D eigenvalue weighted by Gasteiger charge is -2.06. The molecule has 1 aromatic carbocycles. The van der Waals surface area contributed by atoms with Gasteiger partial charge in [-0.1, -0.05) is 6.07 Å². The highest BCUT2D eigenvalue weighted by atomic mass is 16.4. The summed E-state index contributed by atoms with van der Waals surface area (Å²) in [5, 5.41) is 12.7. The molecule has 2 rings (SSSR count). The topological polar surface area (TPSA) is 62.2 Å². The number of hydrogen-bond donors (Lipinski definition) is 2. The van der Waals surface area contributed by atoms with Crippen molar-refractivity contribution in [3.63, 3.8) is 0 Å². The minimum atomic E-state index is -0.940. The number of fused-ring (bicyclic) bond motifs is 1. The largest absolute Gasteiger partial charge is 0.478 e. The van der Waals surface area contributed by atoms with Crippen molar-refractivity contribution < 1.29 is 9.90 Å². The van der Waals surface area contributed by atoms with E-state index in [-0.39, 0.29) is 5.56 Å². The molecular weight excluding hydrogens is 192 g/mol. The highest BCUT2D eigenvalue weighted by Gasteiger charge is 2.10. The fraction of sp³-hybridized carbons (Fsp3) is 0.0909. The van der Waals surface area contributed by atoms with E-state index in [1.54, 1.807) is 31.4 Å². The third-order valence-corrected chi connectivity index (χ3v) is 2.24. The van der Waals surface area contributed by atoms with Gasteiger partial charge in [0.05, 0.1) is 16.8 Å². The smallest absolute Gasteiger partial charge is 0.337 e. The second-order valence-corrected chi connectivity index (χ2v) is 3.15. The summed E-state index contributed by atoms with van der Waals surface area (Å²) in [6, 6.07) is 6.98. The summed E-state index contributed by atoms with van der Waals surface area (Å²) in [4.78, 5) is 15.1. The van der Waals surface area contributed by atoms with Gasteiger partial charge in [-0.3, -0.25) is 4.98 Å². The van der Waals surface area contributed by atoms with E-state index in [4.69, 9.17) is 5.11 Å². The van der Waals surface area contributed by atoms with Crippen molar-refractivity contribution >= 4 is 22.6 Å². The molecule has 0 radical (unpaired) electrons. The van der Waals surface area contributed by atoms with Crippen LogP contribution >= 0.6 is 0 Å². The monoisotopic (exact) mass is 202 g/mol. The first-order chi connectivity index (χ1) is 7.22. The number of anilines is 1. The molecule has 76 valence electrons. The van der Waals surface area contributed by atoms with Gasteiger partial charge >= 0.3 is 5.97 Å². The summed E-state index contributed by atoms with van der Waals surface area (Å²) in [6.07, 6.45) is 1.68. The van der Waals surface area contributed by atoms with Crippen LogP contribution < -0.4 is 5.32 Å². The molecule has 15 heavy (non-hydrogen) atoms. The van der Waals surface area contributed by atoms with Gasteiger partial charge in [0.1, 0.15) is 0 Å². The Morgan fingerprint density at radius 2 is 2.27 bits per heavy atom. The molecule has 2 aromatic rings. The molecule has 0 amide bonds. The van der Waals surface area contributed by atoms with Crippen molar-refractivity contribution in [3.05, 3.63) is 36.0 Å². The number of carboxylic acid groups (broad SMARTS) is 1. The summed E-state index contributed by atoms with van der Waals surface area (Å²) >= 11 is 0. The van der Waals surface area contributed by atoms with E-state index in [1.165, 1.54) is 0 Å². The molecule has 0 saturated carbocycles. The molecule has 0 atom stereocenters. The molecule has 0 aliphatic heterocycles. The van der Waals surface area contributed by atoms with Gasteiger partial charge in [0.15, 0.2) is 0 Å². The van der Waals surface area contributed by atoms with Crippen LogP contribution in [-0.2, 0) is 0 Å². The van der Waals surface area contributed by atoms with Crippen LogP contribution in [0, 0.1) is 0 Å². The van der Waals surface area contributed by atoms with Gasteiger partial charge in [-0.25, -0.2) is 4.79 Å². The van der Waals surface area contributed by atoms with Crippen LogP contribution in [-0.4, -0.2) is 23.1 Å². The molecule has 4 nitrogen and oxygen atoms in total. The number of nitrogens with zero attached hydrogens (tertiary/aromatic N) is 1. The quantitative estimate of drug-likeness (QED) is 0.781. The fourth-order valence-corrected chi connectivity index (χ4v) is 1.50. The van der Waals surface area contributed by atoms with Crippen LogP contribution in [0.3, 0.4) is 0 Å². The maximum atomic E-state index is 11.0. The van der Waals surface area contributed by atoms with Gasteiger partial charge in [0.25, 0.3) is 0 Å². The van der Waals surface area contributed by atoms with Crippen LogP contribution in [0.25, 0.3) is 10.9 Å². The van der Waals surface area contributed by atoms with Gasteiger partial charge in [0, 0.05) is 18.6 Å². The van der Waals surface area contributed by atoms with E-state index < -0.39 is 5.97 Å². The SMILES string of the molecule is CNc1cc2ncccc2cc1C(=O)O. The second kappa shape index (κ2) is 3.57. The Labute approximate surface area is 86.6 Å². The van der Waals surface area contributed by atoms with E-state index in [0.29, 0.717) is 5.69 Å². The number of carboxylic acids is 1. The summed E-state index contributed by atoms with van der Waals surface area (Å²) in [5.74, 6) is -0.940. The van der Waals surface area contributed by atoms with Crippen LogP contribution in [0.1, 0.15) is 10.4 Å². The van der Waals surface area contributed by atoms with Gasteiger partial charge in [0.2, 0.25) is 0 Å². The summed E-state index contributed by atoms with van der Waals surface area (Å²) < 4.78 is 0. The number of aromatic carboxylic acids is 1. The standard InChI is InChI=1S/C11H10N2O2/c1-12-10-6-9-7(3-2-4-13-9)5-8(10)11(14)15/h2-6,12H,1H3,(H,14,15). The molecular formula is C11H10N2O2. The van der Waals surface area contributed by atoms with Crippen LogP contribution in [0.4, 0.5) is 5.69 Å². The Morgan fingerprint density at radius 1 is 1.47 bits per heavy atom. The van der Waals surface area contributed by atoms with Crippen LogP contribution in [0.2, 0.25) is 0 Å². The average Bonchev–Trinajstić information content (AvgIpc) is 2.27. The van der Waals surface area contributed by atoms with Gasteiger partial charge in [-0.15, -0.1) is 0 Å². The predicted molar refractivity (Wildman–Crippen MR) is 58.2 cm³/mol. The Kier molecular flexibility index (Phi) is 2.25. The molecule has 4 heteroatoms. The molecule has 0 aliphatic rings. The number of benzene rings is 1. The highest BCUT2D eigenvalue weighted by molar-refractivity contribution is 5.99. The lowest BCUT2D eigenvalue weighted by atomic mass is 10.1. The lowest BCUT2D eigenvalue weighted by molar-refractivity contribution is 0.0698. The van der Waals surface area contributed by atoms with E-state index in [1.807, 2.05) is 6.07 Å².